The van der Waals surface area contributed by atoms with E-state index in [-0.39, 0.29) is 5.97 Å². The monoisotopic (exact) mass is 460 g/mol. The van der Waals surface area contributed by atoms with E-state index in [0.717, 1.165) is 56.3 Å². The molecule has 0 spiro atoms. The van der Waals surface area contributed by atoms with Crippen LogP contribution in [0, 0.1) is 0 Å². The summed E-state index contributed by atoms with van der Waals surface area (Å²) < 4.78 is 4.94. The molecule has 174 valence electrons. The standard InChI is InChI=1S/C23H33ClN6O2/c1-16-13-30(19-7-9-28(10-8-19)22-12-21(25)26-27-22)20(14-29(16)15-23(31)32-2)11-17-3-5-18(24)6-4-17/h3-6,16,19-20H,7-15H2,1-2H3,(H2,25,26)/t16-,20-/m0/s1. The van der Waals surface area contributed by atoms with E-state index in [2.05, 4.69) is 44.0 Å². The van der Waals surface area contributed by atoms with Crippen molar-refractivity contribution in [2.24, 2.45) is 15.9 Å². The molecule has 9 heteroatoms. The Bertz CT molecular complexity index is 866. The fourth-order valence-electron chi connectivity index (χ4n) is 5.08. The number of carbonyl (C=O) groups excluding carboxylic acids is 1. The van der Waals surface area contributed by atoms with E-state index >= 15 is 0 Å². The Morgan fingerprint density at radius 3 is 2.53 bits per heavy atom. The fraction of sp³-hybridized carbons (Fsp3) is 0.609. The lowest BCUT2D eigenvalue weighted by Crippen LogP contribution is -2.62. The SMILES string of the molecule is COC(=O)CN1C[C@H](Cc2ccc(Cl)cc2)N(C2CCN(C3=NN=C(N)C3)CC2)C[C@@H]1C. The summed E-state index contributed by atoms with van der Waals surface area (Å²) in [7, 11) is 1.45. The lowest BCUT2D eigenvalue weighted by molar-refractivity contribution is -0.144. The number of likely N-dealkylation sites (tertiary alicyclic amines) is 1. The molecular weight excluding hydrogens is 428 g/mol. The molecule has 4 rings (SSSR count). The Labute approximate surface area is 195 Å². The van der Waals surface area contributed by atoms with Crippen LogP contribution < -0.4 is 5.73 Å². The van der Waals surface area contributed by atoms with Crippen LogP contribution in [0.25, 0.3) is 0 Å². The van der Waals surface area contributed by atoms with E-state index in [0.29, 0.717) is 36.9 Å². The fourth-order valence-corrected chi connectivity index (χ4v) is 5.21. The molecule has 2 fully saturated rings. The van der Waals surface area contributed by atoms with E-state index in [9.17, 15) is 4.79 Å². The van der Waals surface area contributed by atoms with Gasteiger partial charge in [0.15, 0.2) is 0 Å². The van der Waals surface area contributed by atoms with Crippen molar-refractivity contribution in [1.82, 2.24) is 14.7 Å². The maximum absolute atomic E-state index is 12.0. The van der Waals surface area contributed by atoms with Gasteiger partial charge in [-0.25, -0.2) is 0 Å². The lowest BCUT2D eigenvalue weighted by atomic mass is 9.94. The molecule has 2 N–H and O–H groups in total. The summed E-state index contributed by atoms with van der Waals surface area (Å²) in [5, 5.41) is 8.99. The van der Waals surface area contributed by atoms with Gasteiger partial charge in [0.1, 0.15) is 11.7 Å². The Morgan fingerprint density at radius 2 is 1.91 bits per heavy atom. The predicted octanol–water partition coefficient (Wildman–Crippen LogP) is 1.97. The average Bonchev–Trinajstić information content (AvgIpc) is 3.23. The molecule has 3 heterocycles. The number of piperazine rings is 1. The van der Waals surface area contributed by atoms with E-state index in [1.54, 1.807) is 0 Å². The number of hydrogen-bond donors (Lipinski definition) is 1. The molecule has 1 aromatic carbocycles. The van der Waals surface area contributed by atoms with Gasteiger partial charge in [0.25, 0.3) is 0 Å². The molecule has 0 unspecified atom stereocenters. The van der Waals surface area contributed by atoms with Crippen molar-refractivity contribution in [3.05, 3.63) is 34.9 Å². The third-order valence-electron chi connectivity index (χ3n) is 6.89. The first kappa shape index (κ1) is 23.0. The largest absolute Gasteiger partial charge is 0.468 e. The summed E-state index contributed by atoms with van der Waals surface area (Å²) >= 11 is 6.10. The van der Waals surface area contributed by atoms with E-state index in [4.69, 9.17) is 22.1 Å². The number of piperidine rings is 1. The summed E-state index contributed by atoms with van der Waals surface area (Å²) in [6, 6.07) is 9.24. The van der Waals surface area contributed by atoms with Gasteiger partial charge in [-0.2, -0.15) is 0 Å². The second-order valence-electron chi connectivity index (χ2n) is 9.04. The van der Waals surface area contributed by atoms with Crippen molar-refractivity contribution >= 4 is 29.2 Å². The molecular formula is C23H33ClN6O2. The second kappa shape index (κ2) is 10.2. The molecule has 0 radical (unpaired) electrons. The van der Waals surface area contributed by atoms with Crippen molar-refractivity contribution < 1.29 is 9.53 Å². The lowest BCUT2D eigenvalue weighted by Gasteiger charge is -2.50. The van der Waals surface area contributed by atoms with Gasteiger partial charge in [-0.05, 0) is 43.9 Å². The Balaban J connectivity index is 1.44. The first-order valence-corrected chi connectivity index (χ1v) is 11.8. The maximum atomic E-state index is 12.0. The smallest absolute Gasteiger partial charge is 0.319 e. The molecule has 0 bridgehead atoms. The Hall–Kier alpha value is -2.16. The Kier molecular flexibility index (Phi) is 7.33. The van der Waals surface area contributed by atoms with Crippen LogP contribution in [0.1, 0.15) is 31.7 Å². The minimum atomic E-state index is -0.178. The van der Waals surface area contributed by atoms with Gasteiger partial charge in [0.05, 0.1) is 20.1 Å². The van der Waals surface area contributed by atoms with Crippen molar-refractivity contribution in [3.63, 3.8) is 0 Å². The van der Waals surface area contributed by atoms with Crippen molar-refractivity contribution in [2.75, 3.05) is 39.8 Å². The molecule has 2 atom stereocenters. The third kappa shape index (κ3) is 5.42. The first-order chi connectivity index (χ1) is 15.4. The summed E-state index contributed by atoms with van der Waals surface area (Å²) in [5.41, 5.74) is 7.07. The summed E-state index contributed by atoms with van der Waals surface area (Å²) in [4.78, 5) is 19.2. The molecule has 0 saturated carbocycles. The Morgan fingerprint density at radius 1 is 1.19 bits per heavy atom. The number of nitrogens with two attached hydrogens (primary N) is 1. The minimum Gasteiger partial charge on any atom is -0.468 e. The number of nitrogens with zero attached hydrogens (tertiary/aromatic N) is 5. The molecule has 32 heavy (non-hydrogen) atoms. The van der Waals surface area contributed by atoms with Crippen LogP contribution in [0.2, 0.25) is 5.02 Å². The van der Waals surface area contributed by atoms with Gasteiger partial charge in [-0.15, -0.1) is 10.2 Å². The number of methoxy groups -OCH3 is 1. The third-order valence-corrected chi connectivity index (χ3v) is 7.14. The van der Waals surface area contributed by atoms with Crippen LogP contribution in [-0.4, -0.2) is 90.3 Å². The van der Waals surface area contributed by atoms with Crippen LogP contribution in [0.3, 0.4) is 0 Å². The van der Waals surface area contributed by atoms with Crippen LogP contribution in [0.15, 0.2) is 34.5 Å². The molecule has 1 aromatic rings. The first-order valence-electron chi connectivity index (χ1n) is 11.4. The zero-order valence-electron chi connectivity index (χ0n) is 18.9. The van der Waals surface area contributed by atoms with E-state index in [1.807, 2.05) is 12.1 Å². The minimum absolute atomic E-state index is 0.178. The van der Waals surface area contributed by atoms with Gasteiger partial charge in [0, 0.05) is 49.3 Å². The topological polar surface area (TPSA) is 86.8 Å². The number of carbonyl (C=O) groups is 1. The molecule has 0 aromatic heterocycles. The summed E-state index contributed by atoms with van der Waals surface area (Å²) in [6.45, 7) is 6.26. The van der Waals surface area contributed by atoms with Gasteiger partial charge in [-0.3, -0.25) is 14.6 Å². The van der Waals surface area contributed by atoms with Crippen molar-refractivity contribution in [2.45, 2.75) is 50.7 Å². The number of benzene rings is 1. The summed E-state index contributed by atoms with van der Waals surface area (Å²) in [5.74, 6) is 1.42. The van der Waals surface area contributed by atoms with Gasteiger partial charge in [-0.1, -0.05) is 23.7 Å². The predicted molar refractivity (Wildman–Crippen MR) is 127 cm³/mol. The molecule has 2 saturated heterocycles. The highest BCUT2D eigenvalue weighted by molar-refractivity contribution is 6.30. The quantitative estimate of drug-likeness (QED) is 0.676. The number of esters is 1. The number of halogens is 1. The van der Waals surface area contributed by atoms with Crippen LogP contribution in [0.5, 0.6) is 0 Å². The van der Waals surface area contributed by atoms with Crippen molar-refractivity contribution in [3.8, 4) is 0 Å². The highest BCUT2D eigenvalue weighted by Crippen LogP contribution is 2.27. The van der Waals surface area contributed by atoms with Gasteiger partial charge < -0.3 is 15.4 Å². The van der Waals surface area contributed by atoms with Gasteiger partial charge >= 0.3 is 5.97 Å². The zero-order chi connectivity index (χ0) is 22.7. The van der Waals surface area contributed by atoms with Crippen molar-refractivity contribution in [1.29, 1.82) is 0 Å². The molecule has 0 aliphatic carbocycles. The zero-order valence-corrected chi connectivity index (χ0v) is 19.7. The molecule has 3 aliphatic heterocycles. The van der Waals surface area contributed by atoms with E-state index in [1.165, 1.54) is 12.7 Å². The number of hydrogen-bond acceptors (Lipinski definition) is 8. The normalized spacial score (nSPS) is 25.5. The highest BCUT2D eigenvalue weighted by Gasteiger charge is 2.38. The van der Waals surface area contributed by atoms with Gasteiger partial charge in [0.2, 0.25) is 0 Å². The molecule has 3 aliphatic rings. The van der Waals surface area contributed by atoms with Crippen LogP contribution in [-0.2, 0) is 16.0 Å². The number of rotatable bonds is 5. The maximum Gasteiger partial charge on any atom is 0.319 e. The molecule has 8 nitrogen and oxygen atoms in total. The average molecular weight is 461 g/mol. The molecule has 0 amide bonds. The van der Waals surface area contributed by atoms with Crippen LogP contribution in [0.4, 0.5) is 0 Å². The number of amidine groups is 2. The van der Waals surface area contributed by atoms with E-state index < -0.39 is 0 Å². The second-order valence-corrected chi connectivity index (χ2v) is 9.47. The van der Waals surface area contributed by atoms with Crippen LogP contribution >= 0.6 is 11.6 Å². The summed E-state index contributed by atoms with van der Waals surface area (Å²) in [6.07, 6.45) is 3.76. The highest BCUT2D eigenvalue weighted by atomic mass is 35.5. The number of ether oxygens (including phenoxy) is 1.